The quantitative estimate of drug-likeness (QED) is 0.529. The van der Waals surface area contributed by atoms with Crippen LogP contribution < -0.4 is 16.0 Å². The highest BCUT2D eigenvalue weighted by molar-refractivity contribution is 9.10. The maximum Gasteiger partial charge on any atom is 0.323 e. The number of aliphatic hydroxyl groups excluding tert-OH is 1. The van der Waals surface area contributed by atoms with Crippen LogP contribution in [-0.4, -0.2) is 30.2 Å². The van der Waals surface area contributed by atoms with E-state index in [-0.39, 0.29) is 12.5 Å². The van der Waals surface area contributed by atoms with Gasteiger partial charge in [0.15, 0.2) is 0 Å². The van der Waals surface area contributed by atoms with Gasteiger partial charge < -0.3 is 21.1 Å². The van der Waals surface area contributed by atoms with Crippen molar-refractivity contribution in [1.82, 2.24) is 5.32 Å². The second-order valence-electron chi connectivity index (χ2n) is 5.12. The zero-order valence-corrected chi connectivity index (χ0v) is 15.5. The number of nitrogens with one attached hydrogen (secondary N) is 3. The molecule has 0 saturated heterocycles. The van der Waals surface area contributed by atoms with Gasteiger partial charge in [0.05, 0.1) is 11.3 Å². The number of carbonyl (C=O) groups excluding carboxylic acids is 2. The van der Waals surface area contributed by atoms with Crippen LogP contribution in [0.4, 0.5) is 16.2 Å². The second kappa shape index (κ2) is 9.41. The van der Waals surface area contributed by atoms with Gasteiger partial charge >= 0.3 is 6.03 Å². The number of benzene rings is 2. The van der Waals surface area contributed by atoms with Gasteiger partial charge in [-0.1, -0.05) is 39.7 Å². The zero-order chi connectivity index (χ0) is 18.2. The Morgan fingerprint density at radius 2 is 1.88 bits per heavy atom. The molecule has 0 aromatic heterocycles. The summed E-state index contributed by atoms with van der Waals surface area (Å²) in [6.07, 6.45) is 0.464. The number of hydrogen-bond donors (Lipinski definition) is 4. The molecular formula is C17H17BrClN3O3. The summed E-state index contributed by atoms with van der Waals surface area (Å²) in [4.78, 5) is 24.4. The molecule has 0 spiro atoms. The average molecular weight is 427 g/mol. The van der Waals surface area contributed by atoms with Crippen molar-refractivity contribution < 1.29 is 14.7 Å². The minimum absolute atomic E-state index is 0.00220. The molecule has 25 heavy (non-hydrogen) atoms. The molecule has 2 aromatic rings. The molecule has 132 valence electrons. The Balaban J connectivity index is 2.06. The standard InChI is InChI=1S/C17H17BrClN3O3/c18-11-8-12(19)10-13(9-11)21-17(25)22-15-5-2-1-4-14(15)16(24)20-6-3-7-23/h1-2,4-5,8-10,23H,3,6-7H2,(H,20,24)(H2,21,22,25). The van der Waals surface area contributed by atoms with E-state index >= 15 is 0 Å². The van der Waals surface area contributed by atoms with E-state index in [0.717, 1.165) is 4.47 Å². The summed E-state index contributed by atoms with van der Waals surface area (Å²) in [7, 11) is 0. The summed E-state index contributed by atoms with van der Waals surface area (Å²) < 4.78 is 0.735. The number of anilines is 2. The van der Waals surface area contributed by atoms with Crippen LogP contribution in [0.15, 0.2) is 46.9 Å². The van der Waals surface area contributed by atoms with E-state index in [1.54, 1.807) is 42.5 Å². The van der Waals surface area contributed by atoms with Gasteiger partial charge in [0.25, 0.3) is 5.91 Å². The summed E-state index contributed by atoms with van der Waals surface area (Å²) >= 11 is 9.25. The highest BCUT2D eigenvalue weighted by Crippen LogP contribution is 2.23. The molecule has 8 heteroatoms. The third kappa shape index (κ3) is 6.04. The van der Waals surface area contributed by atoms with E-state index in [4.69, 9.17) is 16.7 Å². The SMILES string of the molecule is O=C(Nc1cc(Cl)cc(Br)c1)Nc1ccccc1C(=O)NCCCO. The van der Waals surface area contributed by atoms with Crippen LogP contribution in [0.1, 0.15) is 16.8 Å². The number of carbonyl (C=O) groups is 2. The molecule has 0 atom stereocenters. The molecule has 2 rings (SSSR count). The summed E-state index contributed by atoms with van der Waals surface area (Å²) in [6.45, 7) is 0.351. The Hall–Kier alpha value is -2.09. The van der Waals surface area contributed by atoms with Crippen molar-refractivity contribution in [3.8, 4) is 0 Å². The average Bonchev–Trinajstić information content (AvgIpc) is 2.54. The number of amides is 3. The Bertz CT molecular complexity index is 750. The first-order valence-electron chi connectivity index (χ1n) is 7.52. The minimum Gasteiger partial charge on any atom is -0.396 e. The van der Waals surface area contributed by atoms with Crippen molar-refractivity contribution in [2.24, 2.45) is 0 Å². The van der Waals surface area contributed by atoms with Crippen molar-refractivity contribution in [1.29, 1.82) is 0 Å². The van der Waals surface area contributed by atoms with Crippen LogP contribution in [0.5, 0.6) is 0 Å². The van der Waals surface area contributed by atoms with Crippen molar-refractivity contribution in [2.75, 3.05) is 23.8 Å². The lowest BCUT2D eigenvalue weighted by molar-refractivity contribution is 0.0952. The highest BCUT2D eigenvalue weighted by atomic mass is 79.9. The van der Waals surface area contributed by atoms with Crippen LogP contribution in [0.2, 0.25) is 5.02 Å². The van der Waals surface area contributed by atoms with Crippen molar-refractivity contribution >= 4 is 50.8 Å². The normalized spacial score (nSPS) is 10.2. The lowest BCUT2D eigenvalue weighted by atomic mass is 10.1. The van der Waals surface area contributed by atoms with Crippen molar-refractivity contribution in [2.45, 2.75) is 6.42 Å². The Morgan fingerprint density at radius 3 is 2.60 bits per heavy atom. The van der Waals surface area contributed by atoms with E-state index in [2.05, 4.69) is 31.9 Å². The van der Waals surface area contributed by atoms with Crippen LogP contribution in [0.3, 0.4) is 0 Å². The van der Waals surface area contributed by atoms with Gasteiger partial charge in [0.1, 0.15) is 0 Å². The third-order valence-electron chi connectivity index (χ3n) is 3.16. The largest absolute Gasteiger partial charge is 0.396 e. The summed E-state index contributed by atoms with van der Waals surface area (Å²) in [6, 6.07) is 11.2. The first-order chi connectivity index (χ1) is 12.0. The monoisotopic (exact) mass is 425 g/mol. The van der Waals surface area contributed by atoms with Gasteiger partial charge in [-0.05, 0) is 36.8 Å². The smallest absolute Gasteiger partial charge is 0.323 e. The van der Waals surface area contributed by atoms with Crippen molar-refractivity contribution in [3.63, 3.8) is 0 Å². The second-order valence-corrected chi connectivity index (χ2v) is 6.47. The predicted molar refractivity (Wildman–Crippen MR) is 102 cm³/mol. The molecule has 0 bridgehead atoms. The Kier molecular flexibility index (Phi) is 7.24. The number of urea groups is 1. The summed E-state index contributed by atoms with van der Waals surface area (Å²) in [5, 5.41) is 17.2. The van der Waals surface area contributed by atoms with Crippen molar-refractivity contribution in [3.05, 3.63) is 57.5 Å². The molecule has 0 radical (unpaired) electrons. The first kappa shape index (κ1) is 19.2. The van der Waals surface area contributed by atoms with Gasteiger partial charge in [0.2, 0.25) is 0 Å². The van der Waals surface area contributed by atoms with Crippen LogP contribution >= 0.6 is 27.5 Å². The first-order valence-corrected chi connectivity index (χ1v) is 8.69. The van der Waals surface area contributed by atoms with Gasteiger partial charge in [-0.2, -0.15) is 0 Å². The van der Waals surface area contributed by atoms with E-state index in [0.29, 0.717) is 34.9 Å². The lowest BCUT2D eigenvalue weighted by Crippen LogP contribution is -2.27. The van der Waals surface area contributed by atoms with Gasteiger partial charge in [-0.25, -0.2) is 4.79 Å². The van der Waals surface area contributed by atoms with Gasteiger partial charge in [-0.15, -0.1) is 0 Å². The molecule has 0 aliphatic heterocycles. The molecule has 6 nitrogen and oxygen atoms in total. The molecule has 0 aliphatic carbocycles. The number of aliphatic hydroxyl groups is 1. The maximum absolute atomic E-state index is 12.2. The number of rotatable bonds is 6. The fourth-order valence-electron chi connectivity index (χ4n) is 2.08. The van der Waals surface area contributed by atoms with Gasteiger partial charge in [-0.3, -0.25) is 4.79 Å². The maximum atomic E-state index is 12.2. The van der Waals surface area contributed by atoms with E-state index < -0.39 is 6.03 Å². The van der Waals surface area contributed by atoms with Crippen LogP contribution in [0, 0.1) is 0 Å². The zero-order valence-electron chi connectivity index (χ0n) is 13.2. The topological polar surface area (TPSA) is 90.5 Å². The Morgan fingerprint density at radius 1 is 1.12 bits per heavy atom. The number of halogens is 2. The molecule has 2 aromatic carbocycles. The van der Waals surface area contributed by atoms with E-state index in [9.17, 15) is 9.59 Å². The van der Waals surface area contributed by atoms with Gasteiger partial charge in [0, 0.05) is 28.3 Å². The van der Waals surface area contributed by atoms with Crippen LogP contribution in [0.25, 0.3) is 0 Å². The number of para-hydroxylation sites is 1. The predicted octanol–water partition coefficient (Wildman–Crippen LogP) is 3.86. The molecule has 3 amide bonds. The molecule has 0 unspecified atom stereocenters. The van der Waals surface area contributed by atoms with Crippen LogP contribution in [-0.2, 0) is 0 Å². The highest BCUT2D eigenvalue weighted by Gasteiger charge is 2.13. The third-order valence-corrected chi connectivity index (χ3v) is 3.84. The fourth-order valence-corrected chi connectivity index (χ4v) is 2.94. The minimum atomic E-state index is -0.496. The molecular weight excluding hydrogens is 410 g/mol. The molecule has 4 N–H and O–H groups in total. The molecule has 0 aliphatic rings. The lowest BCUT2D eigenvalue weighted by Gasteiger charge is -2.12. The molecule has 0 saturated carbocycles. The molecule has 0 heterocycles. The van der Waals surface area contributed by atoms with E-state index in [1.807, 2.05) is 0 Å². The summed E-state index contributed by atoms with van der Waals surface area (Å²) in [5.74, 6) is -0.324. The molecule has 0 fully saturated rings. The number of hydrogen-bond acceptors (Lipinski definition) is 3. The van der Waals surface area contributed by atoms with E-state index in [1.165, 1.54) is 0 Å². The Labute approximate surface area is 158 Å². The summed E-state index contributed by atoms with van der Waals surface area (Å²) in [5.41, 5.74) is 1.23. The fraction of sp³-hybridized carbons (Fsp3) is 0.176.